The number of thiazole rings is 1. The summed E-state index contributed by atoms with van der Waals surface area (Å²) in [6, 6.07) is 19.5. The van der Waals surface area contributed by atoms with Crippen LogP contribution in [0.2, 0.25) is 0 Å². The third-order valence-electron chi connectivity index (χ3n) is 4.31. The molecule has 6 heteroatoms. The highest BCUT2D eigenvalue weighted by atomic mass is 32.1. The lowest BCUT2D eigenvalue weighted by Crippen LogP contribution is -2.40. The Morgan fingerprint density at radius 1 is 1.04 bits per heavy atom. The Morgan fingerprint density at radius 3 is 2.77 bits per heavy atom. The first-order chi connectivity index (χ1) is 12.8. The molecule has 0 unspecified atom stereocenters. The highest BCUT2D eigenvalue weighted by molar-refractivity contribution is 7.23. The zero-order chi connectivity index (χ0) is 17.5. The van der Waals surface area contributed by atoms with Crippen molar-refractivity contribution in [2.75, 3.05) is 11.9 Å². The number of rotatable bonds is 2. The Morgan fingerprint density at radius 2 is 1.85 bits per heavy atom. The highest BCUT2D eigenvalue weighted by Crippen LogP contribution is 2.34. The van der Waals surface area contributed by atoms with Crippen molar-refractivity contribution in [3.05, 3.63) is 60.7 Å². The number of amides is 1. The van der Waals surface area contributed by atoms with Crippen molar-refractivity contribution in [2.45, 2.75) is 6.10 Å². The zero-order valence-electron chi connectivity index (χ0n) is 13.6. The van der Waals surface area contributed by atoms with Gasteiger partial charge in [-0.2, -0.15) is 0 Å². The summed E-state index contributed by atoms with van der Waals surface area (Å²) >= 11 is 1.47. The number of nitrogens with zero attached hydrogens (tertiary/aromatic N) is 1. The van der Waals surface area contributed by atoms with Crippen molar-refractivity contribution in [1.82, 2.24) is 4.98 Å². The standard InChI is InChI=1S/C20H14N2O3S/c23-19(17-11-24-15-7-3-4-8-16(15)25-17)22-20-21-14-10-9-12-5-1-2-6-13(12)18(14)26-20/h1-10,17H,11H2,(H,21,22,23)/t17-/m1/s1. The van der Waals surface area contributed by atoms with Gasteiger partial charge in [0.25, 0.3) is 5.91 Å². The predicted molar refractivity (Wildman–Crippen MR) is 102 cm³/mol. The molecule has 5 nitrogen and oxygen atoms in total. The highest BCUT2D eigenvalue weighted by Gasteiger charge is 2.28. The van der Waals surface area contributed by atoms with Gasteiger partial charge in [0.2, 0.25) is 6.10 Å². The lowest BCUT2D eigenvalue weighted by Gasteiger charge is -2.25. The van der Waals surface area contributed by atoms with Gasteiger partial charge in [0.05, 0.1) is 10.2 Å². The Kier molecular flexibility index (Phi) is 3.50. The van der Waals surface area contributed by atoms with E-state index in [1.165, 1.54) is 11.3 Å². The predicted octanol–water partition coefficient (Wildman–Crippen LogP) is 4.23. The number of para-hydroxylation sites is 2. The third-order valence-corrected chi connectivity index (χ3v) is 5.33. The van der Waals surface area contributed by atoms with Crippen LogP contribution in [0, 0.1) is 0 Å². The number of hydrogen-bond donors (Lipinski definition) is 1. The van der Waals surface area contributed by atoms with Crippen molar-refractivity contribution in [1.29, 1.82) is 0 Å². The minimum absolute atomic E-state index is 0.177. The van der Waals surface area contributed by atoms with E-state index >= 15 is 0 Å². The number of benzene rings is 3. The molecule has 128 valence electrons. The fourth-order valence-electron chi connectivity index (χ4n) is 3.04. The summed E-state index contributed by atoms with van der Waals surface area (Å²) in [5, 5.41) is 5.71. The Balaban J connectivity index is 1.41. The molecular weight excluding hydrogens is 348 g/mol. The number of carbonyl (C=O) groups excluding carboxylic acids is 1. The van der Waals surface area contributed by atoms with Gasteiger partial charge in [-0.05, 0) is 23.6 Å². The zero-order valence-corrected chi connectivity index (χ0v) is 14.5. The minimum atomic E-state index is -0.700. The molecule has 0 aliphatic carbocycles. The summed E-state index contributed by atoms with van der Waals surface area (Å²) in [5.74, 6) is 0.972. The summed E-state index contributed by atoms with van der Waals surface area (Å²) in [4.78, 5) is 17.1. The number of carbonyl (C=O) groups is 1. The molecule has 1 amide bonds. The average Bonchev–Trinajstić information content (AvgIpc) is 3.10. The maximum Gasteiger partial charge on any atom is 0.270 e. The molecule has 1 aliphatic rings. The molecule has 1 aliphatic heterocycles. The van der Waals surface area contributed by atoms with Gasteiger partial charge in [-0.3, -0.25) is 10.1 Å². The minimum Gasteiger partial charge on any atom is -0.485 e. The van der Waals surface area contributed by atoms with Gasteiger partial charge >= 0.3 is 0 Å². The lowest BCUT2D eigenvalue weighted by molar-refractivity contribution is -0.125. The van der Waals surface area contributed by atoms with Crippen molar-refractivity contribution in [3.8, 4) is 11.5 Å². The van der Waals surface area contributed by atoms with E-state index in [0.29, 0.717) is 16.6 Å². The second kappa shape index (κ2) is 6.00. The Bertz CT molecular complexity index is 1140. The third kappa shape index (κ3) is 2.55. The van der Waals surface area contributed by atoms with Gasteiger partial charge in [0.1, 0.15) is 6.61 Å². The Hall–Kier alpha value is -3.12. The fraction of sp³-hybridized carbons (Fsp3) is 0.100. The van der Waals surface area contributed by atoms with Crippen LogP contribution in [0.5, 0.6) is 11.5 Å². The topological polar surface area (TPSA) is 60.5 Å². The van der Waals surface area contributed by atoms with E-state index in [1.807, 2.05) is 42.5 Å². The number of anilines is 1. The summed E-state index contributed by atoms with van der Waals surface area (Å²) in [7, 11) is 0. The van der Waals surface area contributed by atoms with Gasteiger partial charge in [-0.1, -0.05) is 53.8 Å². The molecule has 2 heterocycles. The fourth-order valence-corrected chi connectivity index (χ4v) is 4.05. The van der Waals surface area contributed by atoms with E-state index in [2.05, 4.69) is 22.4 Å². The number of aromatic nitrogens is 1. The normalized spacial score (nSPS) is 15.9. The quantitative estimate of drug-likeness (QED) is 0.580. The van der Waals surface area contributed by atoms with Gasteiger partial charge < -0.3 is 9.47 Å². The summed E-state index contributed by atoms with van der Waals surface area (Å²) in [6.45, 7) is 0.177. The number of ether oxygens (including phenoxy) is 2. The van der Waals surface area contributed by atoms with E-state index < -0.39 is 6.10 Å². The second-order valence-corrected chi connectivity index (χ2v) is 7.01. The summed E-state index contributed by atoms with van der Waals surface area (Å²) in [5.41, 5.74) is 0.871. The summed E-state index contributed by atoms with van der Waals surface area (Å²) in [6.07, 6.45) is -0.700. The molecule has 1 aromatic heterocycles. The molecule has 3 aromatic carbocycles. The van der Waals surface area contributed by atoms with Crippen LogP contribution in [0.15, 0.2) is 60.7 Å². The van der Waals surface area contributed by atoms with Gasteiger partial charge in [0, 0.05) is 5.39 Å². The molecular formula is C20H14N2O3S. The molecule has 1 atom stereocenters. The molecule has 0 spiro atoms. The molecule has 5 rings (SSSR count). The largest absolute Gasteiger partial charge is 0.485 e. The van der Waals surface area contributed by atoms with Gasteiger partial charge in [-0.25, -0.2) is 4.98 Å². The van der Waals surface area contributed by atoms with E-state index in [1.54, 1.807) is 6.07 Å². The number of nitrogens with one attached hydrogen (secondary N) is 1. The van der Waals surface area contributed by atoms with Gasteiger partial charge in [-0.15, -0.1) is 0 Å². The Labute approximate surface area is 153 Å². The first kappa shape index (κ1) is 15.2. The van der Waals surface area contributed by atoms with Crippen LogP contribution in [0.4, 0.5) is 5.13 Å². The molecule has 0 saturated heterocycles. The smallest absolute Gasteiger partial charge is 0.270 e. The number of hydrogen-bond acceptors (Lipinski definition) is 5. The molecule has 0 radical (unpaired) electrons. The van der Waals surface area contributed by atoms with Crippen molar-refractivity contribution < 1.29 is 14.3 Å². The first-order valence-electron chi connectivity index (χ1n) is 8.25. The van der Waals surface area contributed by atoms with E-state index in [-0.39, 0.29) is 12.5 Å². The molecule has 0 saturated carbocycles. The van der Waals surface area contributed by atoms with E-state index in [9.17, 15) is 4.79 Å². The van der Waals surface area contributed by atoms with Crippen LogP contribution in [0.25, 0.3) is 21.0 Å². The lowest BCUT2D eigenvalue weighted by atomic mass is 10.1. The second-order valence-electron chi connectivity index (χ2n) is 6.01. The molecule has 4 aromatic rings. The molecule has 1 N–H and O–H groups in total. The van der Waals surface area contributed by atoms with E-state index in [0.717, 1.165) is 21.0 Å². The van der Waals surface area contributed by atoms with Crippen molar-refractivity contribution in [3.63, 3.8) is 0 Å². The molecule has 0 bridgehead atoms. The van der Waals surface area contributed by atoms with Crippen LogP contribution < -0.4 is 14.8 Å². The molecule has 26 heavy (non-hydrogen) atoms. The van der Waals surface area contributed by atoms with Crippen LogP contribution in [-0.4, -0.2) is 23.6 Å². The monoisotopic (exact) mass is 362 g/mol. The van der Waals surface area contributed by atoms with Crippen molar-refractivity contribution in [2.24, 2.45) is 0 Å². The van der Waals surface area contributed by atoms with E-state index in [4.69, 9.17) is 9.47 Å². The maximum absolute atomic E-state index is 12.6. The van der Waals surface area contributed by atoms with Crippen LogP contribution in [0.3, 0.4) is 0 Å². The molecule has 0 fully saturated rings. The SMILES string of the molecule is O=C(Nc1nc2ccc3ccccc3c2s1)[C@H]1COc2ccccc2O1. The number of fused-ring (bicyclic) bond motifs is 4. The first-order valence-corrected chi connectivity index (χ1v) is 9.07. The maximum atomic E-state index is 12.6. The average molecular weight is 362 g/mol. The van der Waals surface area contributed by atoms with Crippen LogP contribution in [-0.2, 0) is 4.79 Å². The van der Waals surface area contributed by atoms with Gasteiger partial charge in [0.15, 0.2) is 16.6 Å². The van der Waals surface area contributed by atoms with Crippen LogP contribution in [0.1, 0.15) is 0 Å². The van der Waals surface area contributed by atoms with Crippen molar-refractivity contribution >= 4 is 43.4 Å². The van der Waals surface area contributed by atoms with Crippen LogP contribution >= 0.6 is 11.3 Å². The summed E-state index contributed by atoms with van der Waals surface area (Å²) < 4.78 is 12.4.